The molecular weight excluding hydrogens is 409 g/mol. The molecule has 0 unspecified atom stereocenters. The monoisotopic (exact) mass is 443 g/mol. The van der Waals surface area contributed by atoms with E-state index in [9.17, 15) is 9.18 Å². The normalized spacial score (nSPS) is 16.7. The van der Waals surface area contributed by atoms with Crippen molar-refractivity contribution in [1.82, 2.24) is 15.5 Å². The average Bonchev–Trinajstić information content (AvgIpc) is 2.81. The second-order valence-corrected chi connectivity index (χ2v) is 8.08. The molecule has 0 aliphatic carbocycles. The van der Waals surface area contributed by atoms with Crippen LogP contribution in [0, 0.1) is 5.82 Å². The summed E-state index contributed by atoms with van der Waals surface area (Å²) in [6.45, 7) is 5.90. The van der Waals surface area contributed by atoms with Crippen molar-refractivity contribution in [3.63, 3.8) is 0 Å². The average molecular weight is 444 g/mol. The van der Waals surface area contributed by atoms with E-state index in [-0.39, 0.29) is 23.9 Å². The number of ether oxygens (including phenoxy) is 2. The molecule has 0 saturated carbocycles. The molecule has 6 nitrogen and oxygen atoms in total. The second kappa shape index (κ2) is 11.2. The lowest BCUT2D eigenvalue weighted by Gasteiger charge is -2.42. The van der Waals surface area contributed by atoms with Gasteiger partial charge in [0.2, 0.25) is 0 Å². The van der Waals surface area contributed by atoms with Gasteiger partial charge in [-0.25, -0.2) is 9.18 Å². The Bertz CT molecular complexity index is 921. The van der Waals surface area contributed by atoms with Crippen LogP contribution >= 0.6 is 0 Å². The number of carbonyl (C=O) groups excluding carboxylic acids is 1. The Kier molecular flexibility index (Phi) is 8.33. The van der Waals surface area contributed by atoms with Gasteiger partial charge in [-0.3, -0.25) is 4.90 Å². The standard InChI is InChI=1S/C25H34FN3O3/c1-5-12-27-25(30)28-21(6-2)24-19-15-23(32-4)22(31-3)14-17(19)11-13-29(24)16-18-9-7-8-10-20(18)26/h7-10,14-15,21,24H,5-6,11-13,16H2,1-4H3,(H2,27,28,30)/t21-,24-/m1/s1. The first-order chi connectivity index (χ1) is 15.5. The Hall–Kier alpha value is -2.80. The summed E-state index contributed by atoms with van der Waals surface area (Å²) in [5.41, 5.74) is 2.88. The molecule has 174 valence electrons. The minimum absolute atomic E-state index is 0.129. The fourth-order valence-corrected chi connectivity index (χ4v) is 4.38. The van der Waals surface area contributed by atoms with Crippen LogP contribution in [0.25, 0.3) is 0 Å². The number of hydrogen-bond acceptors (Lipinski definition) is 4. The maximum atomic E-state index is 14.5. The summed E-state index contributed by atoms with van der Waals surface area (Å²) in [6.07, 6.45) is 2.40. The van der Waals surface area contributed by atoms with E-state index in [2.05, 4.69) is 22.5 Å². The lowest BCUT2D eigenvalue weighted by atomic mass is 9.86. The third-order valence-corrected chi connectivity index (χ3v) is 6.03. The Morgan fingerprint density at radius 2 is 1.91 bits per heavy atom. The van der Waals surface area contributed by atoms with E-state index in [4.69, 9.17) is 9.47 Å². The van der Waals surface area contributed by atoms with Crippen LogP contribution in [-0.2, 0) is 13.0 Å². The molecule has 2 atom stereocenters. The molecule has 1 heterocycles. The van der Waals surface area contributed by atoms with Crippen molar-refractivity contribution in [1.29, 1.82) is 0 Å². The van der Waals surface area contributed by atoms with Crippen LogP contribution < -0.4 is 20.1 Å². The fraction of sp³-hybridized carbons (Fsp3) is 0.480. The number of benzene rings is 2. The lowest BCUT2D eigenvalue weighted by Crippen LogP contribution is -2.51. The van der Waals surface area contributed by atoms with E-state index >= 15 is 0 Å². The van der Waals surface area contributed by atoms with Gasteiger partial charge in [0, 0.05) is 25.2 Å². The third-order valence-electron chi connectivity index (χ3n) is 6.03. The predicted molar refractivity (Wildman–Crippen MR) is 124 cm³/mol. The number of urea groups is 1. The number of nitrogens with one attached hydrogen (secondary N) is 2. The summed E-state index contributed by atoms with van der Waals surface area (Å²) in [5, 5.41) is 6.05. The molecule has 7 heteroatoms. The molecule has 0 spiro atoms. The molecule has 1 aliphatic rings. The molecule has 1 aliphatic heterocycles. The maximum Gasteiger partial charge on any atom is 0.315 e. The number of rotatable bonds is 9. The molecule has 0 fully saturated rings. The molecule has 2 N–H and O–H groups in total. The first-order valence-electron chi connectivity index (χ1n) is 11.3. The van der Waals surface area contributed by atoms with Crippen molar-refractivity contribution in [2.75, 3.05) is 27.3 Å². The summed E-state index contributed by atoms with van der Waals surface area (Å²) in [7, 11) is 3.25. The van der Waals surface area contributed by atoms with Gasteiger partial charge < -0.3 is 20.1 Å². The quantitative estimate of drug-likeness (QED) is 0.602. The van der Waals surface area contributed by atoms with Crippen LogP contribution in [-0.4, -0.2) is 44.3 Å². The van der Waals surface area contributed by atoms with Gasteiger partial charge in [-0.1, -0.05) is 32.0 Å². The highest BCUT2D eigenvalue weighted by molar-refractivity contribution is 5.74. The molecule has 0 bridgehead atoms. The van der Waals surface area contributed by atoms with E-state index in [1.165, 1.54) is 6.07 Å². The number of fused-ring (bicyclic) bond motifs is 1. The van der Waals surface area contributed by atoms with Crippen LogP contribution in [0.1, 0.15) is 49.4 Å². The summed E-state index contributed by atoms with van der Waals surface area (Å²) in [6, 6.07) is 10.4. The Morgan fingerprint density at radius 3 is 2.56 bits per heavy atom. The van der Waals surface area contributed by atoms with E-state index in [0.717, 1.165) is 36.9 Å². The highest BCUT2D eigenvalue weighted by Crippen LogP contribution is 2.40. The first-order valence-corrected chi connectivity index (χ1v) is 11.3. The highest BCUT2D eigenvalue weighted by Gasteiger charge is 2.35. The molecule has 2 amide bonds. The van der Waals surface area contributed by atoms with E-state index < -0.39 is 0 Å². The predicted octanol–water partition coefficient (Wildman–Crippen LogP) is 4.43. The largest absolute Gasteiger partial charge is 0.493 e. The van der Waals surface area contributed by atoms with Crippen LogP contribution in [0.5, 0.6) is 11.5 Å². The number of halogens is 1. The minimum atomic E-state index is -0.217. The van der Waals surface area contributed by atoms with Gasteiger partial charge >= 0.3 is 6.03 Å². The zero-order valence-corrected chi connectivity index (χ0v) is 19.4. The molecule has 32 heavy (non-hydrogen) atoms. The molecule has 0 saturated heterocycles. The molecular formula is C25H34FN3O3. The number of methoxy groups -OCH3 is 2. The van der Waals surface area contributed by atoms with E-state index in [0.29, 0.717) is 30.2 Å². The smallest absolute Gasteiger partial charge is 0.315 e. The first kappa shape index (κ1) is 23.9. The lowest BCUT2D eigenvalue weighted by molar-refractivity contribution is 0.134. The zero-order chi connectivity index (χ0) is 23.1. The summed E-state index contributed by atoms with van der Waals surface area (Å²) in [4.78, 5) is 14.8. The van der Waals surface area contributed by atoms with Gasteiger partial charge in [0.25, 0.3) is 0 Å². The van der Waals surface area contributed by atoms with Gasteiger partial charge in [0.15, 0.2) is 11.5 Å². The minimum Gasteiger partial charge on any atom is -0.493 e. The molecule has 3 rings (SSSR count). The van der Waals surface area contributed by atoms with E-state index in [1.54, 1.807) is 20.3 Å². The molecule has 2 aromatic carbocycles. The van der Waals surface area contributed by atoms with Gasteiger partial charge in [-0.2, -0.15) is 0 Å². The number of amides is 2. The maximum absolute atomic E-state index is 14.5. The van der Waals surface area contributed by atoms with Crippen molar-refractivity contribution in [3.05, 3.63) is 58.9 Å². The highest BCUT2D eigenvalue weighted by atomic mass is 19.1. The molecule has 2 aromatic rings. The SMILES string of the molecule is CCCNC(=O)N[C@H](CC)[C@H]1c2cc(OC)c(OC)cc2CCN1Cc1ccccc1F. The third kappa shape index (κ3) is 5.33. The fourth-order valence-electron chi connectivity index (χ4n) is 4.38. The van der Waals surface area contributed by atoms with Gasteiger partial charge in [-0.15, -0.1) is 0 Å². The van der Waals surface area contributed by atoms with Crippen molar-refractivity contribution in [2.24, 2.45) is 0 Å². The second-order valence-electron chi connectivity index (χ2n) is 8.08. The van der Waals surface area contributed by atoms with Crippen molar-refractivity contribution in [3.8, 4) is 11.5 Å². The van der Waals surface area contributed by atoms with Crippen LogP contribution in [0.4, 0.5) is 9.18 Å². The zero-order valence-electron chi connectivity index (χ0n) is 19.4. The summed E-state index contributed by atoms with van der Waals surface area (Å²) >= 11 is 0. The Balaban J connectivity index is 2.00. The van der Waals surface area contributed by atoms with Crippen LogP contribution in [0.15, 0.2) is 36.4 Å². The van der Waals surface area contributed by atoms with Gasteiger partial charge in [0.05, 0.1) is 26.3 Å². The Morgan fingerprint density at radius 1 is 1.19 bits per heavy atom. The topological polar surface area (TPSA) is 62.8 Å². The van der Waals surface area contributed by atoms with Crippen molar-refractivity contribution in [2.45, 2.75) is 51.7 Å². The number of hydrogen-bond donors (Lipinski definition) is 2. The van der Waals surface area contributed by atoms with Crippen LogP contribution in [0.2, 0.25) is 0 Å². The number of nitrogens with zero attached hydrogens (tertiary/aromatic N) is 1. The van der Waals surface area contributed by atoms with Crippen molar-refractivity contribution < 1.29 is 18.7 Å². The molecule has 0 aromatic heterocycles. The van der Waals surface area contributed by atoms with Gasteiger partial charge in [0.1, 0.15) is 5.82 Å². The number of carbonyl (C=O) groups is 1. The Labute approximate surface area is 190 Å². The van der Waals surface area contributed by atoms with Gasteiger partial charge in [-0.05, 0) is 48.6 Å². The molecule has 0 radical (unpaired) electrons. The van der Waals surface area contributed by atoms with Crippen molar-refractivity contribution >= 4 is 6.03 Å². The summed E-state index contributed by atoms with van der Waals surface area (Å²) < 4.78 is 25.5. The summed E-state index contributed by atoms with van der Waals surface area (Å²) in [5.74, 6) is 1.12. The van der Waals surface area contributed by atoms with Crippen LogP contribution in [0.3, 0.4) is 0 Å². The van der Waals surface area contributed by atoms with E-state index in [1.807, 2.05) is 31.2 Å².